The van der Waals surface area contributed by atoms with Gasteiger partial charge in [0.25, 0.3) is 0 Å². The van der Waals surface area contributed by atoms with Gasteiger partial charge in [-0.15, -0.1) is 0 Å². The molecule has 3 aliphatic rings. The predicted octanol–water partition coefficient (Wildman–Crippen LogP) is 4.35. The molecule has 6 atom stereocenters. The monoisotopic (exact) mass is 604 g/mol. The predicted molar refractivity (Wildman–Crippen MR) is 171 cm³/mol. The second kappa shape index (κ2) is 12.9. The molecule has 0 radical (unpaired) electrons. The third-order valence-corrected chi connectivity index (χ3v) is 10.1. The van der Waals surface area contributed by atoms with Crippen molar-refractivity contribution in [2.24, 2.45) is 17.8 Å². The maximum atomic E-state index is 14.5. The number of ether oxygens (including phenoxy) is 1. The van der Waals surface area contributed by atoms with Gasteiger partial charge in [0, 0.05) is 31.0 Å². The first-order valence-corrected chi connectivity index (χ1v) is 16.2. The fraction of sp³-hybridized carbons (Fsp3) is 0.571. The van der Waals surface area contributed by atoms with Gasteiger partial charge >= 0.3 is 0 Å². The molecular formula is C35H48N4O5. The van der Waals surface area contributed by atoms with Gasteiger partial charge < -0.3 is 30.3 Å². The molecule has 1 spiro atoms. The number of hydrogen-bond acceptors (Lipinski definition) is 6. The van der Waals surface area contributed by atoms with Crippen molar-refractivity contribution < 1.29 is 24.2 Å². The number of carbonyl (C=O) groups excluding carboxylic acids is 3. The van der Waals surface area contributed by atoms with Crippen molar-refractivity contribution in [2.45, 2.75) is 90.1 Å². The summed E-state index contributed by atoms with van der Waals surface area (Å²) in [6.45, 7) is 12.1. The van der Waals surface area contributed by atoms with E-state index in [4.69, 9.17) is 4.74 Å². The van der Waals surface area contributed by atoms with E-state index in [-0.39, 0.29) is 30.2 Å². The topological polar surface area (TPSA) is 111 Å². The van der Waals surface area contributed by atoms with Crippen molar-refractivity contribution in [3.05, 3.63) is 60.2 Å². The Morgan fingerprint density at radius 3 is 2.30 bits per heavy atom. The number of benzene rings is 2. The zero-order valence-corrected chi connectivity index (χ0v) is 26.7. The van der Waals surface area contributed by atoms with Crippen LogP contribution in [0.5, 0.6) is 0 Å². The zero-order valence-electron chi connectivity index (χ0n) is 26.7. The Balaban J connectivity index is 1.49. The molecule has 44 heavy (non-hydrogen) atoms. The molecular weight excluding hydrogens is 556 g/mol. The van der Waals surface area contributed by atoms with Gasteiger partial charge in [0.05, 0.1) is 30.1 Å². The molecule has 0 aliphatic carbocycles. The van der Waals surface area contributed by atoms with E-state index >= 15 is 0 Å². The third-order valence-electron chi connectivity index (χ3n) is 10.1. The van der Waals surface area contributed by atoms with Gasteiger partial charge in [-0.25, -0.2) is 0 Å². The molecule has 3 N–H and O–H groups in total. The van der Waals surface area contributed by atoms with Crippen LogP contribution in [0.1, 0.15) is 65.9 Å². The Kier molecular flexibility index (Phi) is 9.37. The lowest BCUT2D eigenvalue weighted by atomic mass is 9.65. The van der Waals surface area contributed by atoms with Gasteiger partial charge in [0.2, 0.25) is 17.7 Å². The van der Waals surface area contributed by atoms with Gasteiger partial charge in [-0.2, -0.15) is 0 Å². The molecule has 2 bridgehead atoms. The maximum Gasteiger partial charge on any atom is 0.250 e. The molecule has 2 unspecified atom stereocenters. The average Bonchev–Trinajstić information content (AvgIpc) is 3.64. The van der Waals surface area contributed by atoms with Gasteiger partial charge in [-0.3, -0.25) is 14.4 Å². The highest BCUT2D eigenvalue weighted by atomic mass is 16.5. The number of aliphatic hydroxyl groups is 1. The number of nitrogens with one attached hydrogen (secondary N) is 2. The quantitative estimate of drug-likeness (QED) is 0.314. The van der Waals surface area contributed by atoms with E-state index in [1.54, 1.807) is 4.90 Å². The Morgan fingerprint density at radius 2 is 1.70 bits per heavy atom. The minimum Gasteiger partial charge on any atom is -0.394 e. The highest BCUT2D eigenvalue weighted by Gasteiger charge is 2.79. The molecule has 0 saturated carbocycles. The van der Waals surface area contributed by atoms with E-state index in [1.807, 2.05) is 75.4 Å². The number of nitrogens with zero attached hydrogens (tertiary/aromatic N) is 2. The van der Waals surface area contributed by atoms with E-state index in [2.05, 4.69) is 29.4 Å². The van der Waals surface area contributed by atoms with Crippen LogP contribution in [0.25, 0.3) is 0 Å². The van der Waals surface area contributed by atoms with Gasteiger partial charge in [0.15, 0.2) is 0 Å². The molecule has 3 fully saturated rings. The summed E-state index contributed by atoms with van der Waals surface area (Å²) < 4.78 is 6.89. The van der Waals surface area contributed by atoms with Crippen LogP contribution < -0.4 is 15.5 Å². The fourth-order valence-corrected chi connectivity index (χ4v) is 8.02. The van der Waals surface area contributed by atoms with Gasteiger partial charge in [-0.05, 0) is 75.3 Å². The van der Waals surface area contributed by atoms with Gasteiger partial charge in [-0.1, -0.05) is 51.1 Å². The number of fused-ring (bicyclic) bond motifs is 1. The summed E-state index contributed by atoms with van der Waals surface area (Å²) in [5.41, 5.74) is 0.665. The smallest absolute Gasteiger partial charge is 0.250 e. The van der Waals surface area contributed by atoms with E-state index in [0.29, 0.717) is 37.9 Å². The van der Waals surface area contributed by atoms with Crippen molar-refractivity contribution in [3.63, 3.8) is 0 Å². The normalized spacial score (nSPS) is 27.8. The first kappa shape index (κ1) is 32.0. The number of hydrogen-bond donors (Lipinski definition) is 3. The van der Waals surface area contributed by atoms with Crippen LogP contribution in [-0.4, -0.2) is 70.7 Å². The van der Waals surface area contributed by atoms with Crippen molar-refractivity contribution in [1.82, 2.24) is 10.2 Å². The summed E-state index contributed by atoms with van der Waals surface area (Å²) in [4.78, 5) is 46.6. The number of carbonyl (C=O) groups is 3. The zero-order chi connectivity index (χ0) is 31.6. The van der Waals surface area contributed by atoms with Crippen LogP contribution >= 0.6 is 0 Å². The van der Waals surface area contributed by atoms with E-state index < -0.39 is 35.1 Å². The van der Waals surface area contributed by atoms with Crippen LogP contribution in [0.3, 0.4) is 0 Å². The lowest BCUT2D eigenvalue weighted by Crippen LogP contribution is -2.56. The summed E-state index contributed by atoms with van der Waals surface area (Å²) >= 11 is 0. The molecule has 9 nitrogen and oxygen atoms in total. The van der Waals surface area contributed by atoms with Crippen molar-refractivity contribution in [2.75, 3.05) is 29.9 Å². The lowest BCUT2D eigenvalue weighted by molar-refractivity contribution is -0.149. The standard InChI is InChI=1S/C35H48N4O5/c1-6-34-18-19-35(44-34)29(28(34)31(41)36-21-24-12-10-9-11-13-24)33(43)39(27(22-40)20-23(4)5)30(35)32(42)37-25-14-16-26(17-15-25)38(7-2)8-3/h9-17,23,27-30,40H,6-8,18-22H2,1-5H3,(H,36,41)(H,37,42)/t27-,28+,29+,30?,34-,35?/m1/s1. The van der Waals surface area contributed by atoms with E-state index in [1.165, 1.54) is 0 Å². The summed E-state index contributed by atoms with van der Waals surface area (Å²) in [6, 6.07) is 15.8. The molecule has 2 aromatic carbocycles. The summed E-state index contributed by atoms with van der Waals surface area (Å²) in [5.74, 6) is -2.22. The molecule has 5 rings (SSSR count). The van der Waals surface area contributed by atoms with E-state index in [0.717, 1.165) is 24.3 Å². The lowest BCUT2D eigenvalue weighted by Gasteiger charge is -2.38. The summed E-state index contributed by atoms with van der Waals surface area (Å²) in [7, 11) is 0. The molecule has 3 heterocycles. The largest absolute Gasteiger partial charge is 0.394 e. The number of rotatable bonds is 13. The first-order valence-electron chi connectivity index (χ1n) is 16.2. The minimum absolute atomic E-state index is 0.179. The maximum absolute atomic E-state index is 14.5. The Hall–Kier alpha value is -3.43. The van der Waals surface area contributed by atoms with E-state index in [9.17, 15) is 19.5 Å². The highest BCUT2D eigenvalue weighted by molar-refractivity contribution is 6.04. The average molecular weight is 605 g/mol. The first-order chi connectivity index (χ1) is 21.1. The molecule has 9 heteroatoms. The van der Waals surface area contributed by atoms with Crippen molar-refractivity contribution in [1.29, 1.82) is 0 Å². The van der Waals surface area contributed by atoms with Gasteiger partial charge in [0.1, 0.15) is 11.6 Å². The Morgan fingerprint density at radius 1 is 1.02 bits per heavy atom. The number of likely N-dealkylation sites (tertiary alicyclic amines) is 1. The minimum atomic E-state index is -1.16. The molecule has 3 amide bonds. The number of amides is 3. The van der Waals surface area contributed by atoms with Crippen molar-refractivity contribution in [3.8, 4) is 0 Å². The Labute approximate surface area is 261 Å². The molecule has 3 saturated heterocycles. The Bertz CT molecular complexity index is 1330. The van der Waals surface area contributed by atoms with Crippen LogP contribution in [-0.2, 0) is 25.7 Å². The summed E-state index contributed by atoms with van der Waals surface area (Å²) in [6.07, 6.45) is 2.16. The van der Waals surface area contributed by atoms with Crippen LogP contribution in [0, 0.1) is 17.8 Å². The number of aliphatic hydroxyl groups excluding tert-OH is 1. The van der Waals surface area contributed by atoms with Crippen LogP contribution in [0.4, 0.5) is 11.4 Å². The second-order valence-electron chi connectivity index (χ2n) is 13.0. The fourth-order valence-electron chi connectivity index (χ4n) is 8.02. The number of anilines is 2. The van der Waals surface area contributed by atoms with Crippen molar-refractivity contribution >= 4 is 29.1 Å². The SMILES string of the molecule is CCN(CC)c1ccc(NC(=O)C2N([C@@H](CO)CC(C)C)C(=O)[C@@H]3[C@@H](C(=O)NCc4ccccc4)[C@@]4(CC)CCC23O4)cc1. The molecule has 0 aromatic heterocycles. The molecule has 3 aliphatic heterocycles. The van der Waals surface area contributed by atoms with Crippen LogP contribution in [0.15, 0.2) is 54.6 Å². The third kappa shape index (κ3) is 5.49. The highest BCUT2D eigenvalue weighted by Crippen LogP contribution is 2.64. The van der Waals surface area contributed by atoms with Crippen LogP contribution in [0.2, 0.25) is 0 Å². The summed E-state index contributed by atoms with van der Waals surface area (Å²) in [5, 5.41) is 16.7. The molecule has 238 valence electrons. The molecule has 2 aromatic rings. The second-order valence-corrected chi connectivity index (χ2v) is 13.0.